The van der Waals surface area contributed by atoms with Gasteiger partial charge in [-0.25, -0.2) is 4.98 Å². The van der Waals surface area contributed by atoms with Crippen LogP contribution < -0.4 is 4.90 Å². The summed E-state index contributed by atoms with van der Waals surface area (Å²) in [4.78, 5) is 19.1. The molecule has 1 aromatic carbocycles. The maximum atomic E-state index is 11.9. The van der Waals surface area contributed by atoms with Crippen molar-refractivity contribution in [3.63, 3.8) is 0 Å². The third kappa shape index (κ3) is 3.17. The number of carbonyl (C=O) groups is 1. The molecule has 0 spiro atoms. The van der Waals surface area contributed by atoms with Crippen molar-refractivity contribution in [2.75, 3.05) is 24.6 Å². The molecule has 4 rings (SSSR count). The Labute approximate surface area is 152 Å². The minimum Gasteiger partial charge on any atom is -0.466 e. The molecule has 0 N–H and O–H groups in total. The molecule has 5 heteroatoms. The normalized spacial score (nSPS) is 15.3. The number of hydrogen-bond donors (Lipinski definition) is 0. The van der Waals surface area contributed by atoms with Crippen molar-refractivity contribution in [2.45, 2.75) is 19.8 Å². The quantitative estimate of drug-likeness (QED) is 0.658. The number of furan rings is 1. The van der Waals surface area contributed by atoms with E-state index in [-0.39, 0.29) is 11.9 Å². The highest BCUT2D eigenvalue weighted by molar-refractivity contribution is 5.93. The first kappa shape index (κ1) is 16.6. The minimum absolute atomic E-state index is 0.00494. The van der Waals surface area contributed by atoms with Crippen LogP contribution in [0.2, 0.25) is 0 Å². The zero-order valence-electron chi connectivity index (χ0n) is 14.9. The van der Waals surface area contributed by atoms with E-state index in [2.05, 4.69) is 23.1 Å². The van der Waals surface area contributed by atoms with Crippen LogP contribution in [-0.4, -0.2) is 30.6 Å². The molecule has 1 fully saturated rings. The molecular formula is C21H22N2O3. The summed E-state index contributed by atoms with van der Waals surface area (Å²) in [6.07, 6.45) is 3.29. The molecule has 0 saturated carbocycles. The molecule has 3 aromatic rings. The smallest absolute Gasteiger partial charge is 0.309 e. The molecule has 5 nitrogen and oxygen atoms in total. The molecule has 0 aliphatic carbocycles. The van der Waals surface area contributed by atoms with Gasteiger partial charge in [0.15, 0.2) is 0 Å². The Hall–Kier alpha value is -2.82. The topological polar surface area (TPSA) is 55.6 Å². The molecule has 1 saturated heterocycles. The maximum Gasteiger partial charge on any atom is 0.309 e. The second-order valence-corrected chi connectivity index (χ2v) is 6.54. The molecule has 134 valence electrons. The first-order valence-electron chi connectivity index (χ1n) is 9.11. The summed E-state index contributed by atoms with van der Waals surface area (Å²) in [6.45, 7) is 3.92. The van der Waals surface area contributed by atoms with Crippen LogP contribution in [-0.2, 0) is 9.53 Å². The monoisotopic (exact) mass is 350 g/mol. The van der Waals surface area contributed by atoms with Crippen LogP contribution in [0.4, 0.5) is 5.82 Å². The van der Waals surface area contributed by atoms with E-state index in [0.29, 0.717) is 6.61 Å². The number of rotatable bonds is 4. The van der Waals surface area contributed by atoms with Crippen LogP contribution in [0.25, 0.3) is 22.2 Å². The number of esters is 1. The van der Waals surface area contributed by atoms with E-state index in [9.17, 15) is 4.79 Å². The average Bonchev–Trinajstić information content (AvgIpc) is 3.22. The lowest BCUT2D eigenvalue weighted by atomic mass is 9.97. The van der Waals surface area contributed by atoms with Crippen molar-refractivity contribution in [1.29, 1.82) is 0 Å². The number of nitrogens with zero attached hydrogens (tertiary/aromatic N) is 2. The van der Waals surface area contributed by atoms with Crippen LogP contribution in [0.15, 0.2) is 53.1 Å². The van der Waals surface area contributed by atoms with Crippen molar-refractivity contribution < 1.29 is 13.9 Å². The van der Waals surface area contributed by atoms with E-state index < -0.39 is 0 Å². The molecule has 3 heterocycles. The van der Waals surface area contributed by atoms with Gasteiger partial charge in [-0.1, -0.05) is 12.1 Å². The number of para-hydroxylation sites is 1. The first-order chi connectivity index (χ1) is 12.8. The second kappa shape index (κ2) is 7.20. The highest BCUT2D eigenvalue weighted by Crippen LogP contribution is 2.30. The van der Waals surface area contributed by atoms with E-state index >= 15 is 0 Å². The highest BCUT2D eigenvalue weighted by atomic mass is 16.5. The molecule has 0 atom stereocenters. The molecular weight excluding hydrogens is 328 g/mol. The molecule has 0 radical (unpaired) electrons. The molecule has 26 heavy (non-hydrogen) atoms. The third-order valence-corrected chi connectivity index (χ3v) is 4.93. The van der Waals surface area contributed by atoms with E-state index in [4.69, 9.17) is 14.1 Å². The van der Waals surface area contributed by atoms with Gasteiger partial charge in [0.2, 0.25) is 0 Å². The van der Waals surface area contributed by atoms with Crippen LogP contribution >= 0.6 is 0 Å². The number of ether oxygens (including phenoxy) is 1. The van der Waals surface area contributed by atoms with Gasteiger partial charge < -0.3 is 14.1 Å². The van der Waals surface area contributed by atoms with Crippen molar-refractivity contribution in [1.82, 2.24) is 4.98 Å². The Morgan fingerprint density at radius 3 is 2.77 bits per heavy atom. The number of aromatic nitrogens is 1. The lowest BCUT2D eigenvalue weighted by Gasteiger charge is -2.31. The predicted octanol–water partition coefficient (Wildman–Crippen LogP) is 4.27. The fourth-order valence-corrected chi connectivity index (χ4v) is 3.55. The zero-order chi connectivity index (χ0) is 17.9. The zero-order valence-corrected chi connectivity index (χ0v) is 14.9. The van der Waals surface area contributed by atoms with Gasteiger partial charge in [-0.2, -0.15) is 0 Å². The van der Waals surface area contributed by atoms with Gasteiger partial charge >= 0.3 is 5.97 Å². The van der Waals surface area contributed by atoms with Crippen LogP contribution in [0.3, 0.4) is 0 Å². The van der Waals surface area contributed by atoms with Gasteiger partial charge in [-0.3, -0.25) is 4.79 Å². The molecule has 0 unspecified atom stereocenters. The van der Waals surface area contributed by atoms with Crippen LogP contribution in [0, 0.1) is 5.92 Å². The summed E-state index contributed by atoms with van der Waals surface area (Å²) in [5.74, 6) is 1.70. The Morgan fingerprint density at radius 1 is 1.19 bits per heavy atom. The summed E-state index contributed by atoms with van der Waals surface area (Å²) in [5.41, 5.74) is 1.93. The predicted molar refractivity (Wildman–Crippen MR) is 101 cm³/mol. The number of piperidine rings is 1. The Balaban J connectivity index is 1.58. The van der Waals surface area contributed by atoms with E-state index in [1.54, 1.807) is 6.26 Å². The standard InChI is InChI=1S/C21H22N2O3/c1-2-25-21(24)16-10-12-23(13-11-16)19-9-8-15-5-3-6-17(20(15)22-19)18-7-4-14-26-18/h3-9,14,16H,2,10-13H2,1H3. The van der Waals surface area contributed by atoms with E-state index in [1.165, 1.54) is 0 Å². The number of fused-ring (bicyclic) bond motifs is 1. The van der Waals surface area contributed by atoms with Crippen molar-refractivity contribution in [2.24, 2.45) is 5.92 Å². The summed E-state index contributed by atoms with van der Waals surface area (Å²) >= 11 is 0. The van der Waals surface area contributed by atoms with Crippen molar-refractivity contribution in [3.05, 3.63) is 48.7 Å². The summed E-state index contributed by atoms with van der Waals surface area (Å²) < 4.78 is 10.7. The molecule has 1 aliphatic rings. The fraction of sp³-hybridized carbons (Fsp3) is 0.333. The van der Waals surface area contributed by atoms with Crippen LogP contribution in [0.5, 0.6) is 0 Å². The third-order valence-electron chi connectivity index (χ3n) is 4.93. The number of hydrogen-bond acceptors (Lipinski definition) is 5. The first-order valence-corrected chi connectivity index (χ1v) is 9.11. The van der Waals surface area contributed by atoms with Crippen molar-refractivity contribution in [3.8, 4) is 11.3 Å². The molecule has 2 aromatic heterocycles. The maximum absolute atomic E-state index is 11.9. The van der Waals surface area contributed by atoms with Gasteiger partial charge in [0.05, 0.1) is 24.3 Å². The SMILES string of the molecule is CCOC(=O)C1CCN(c2ccc3cccc(-c4ccco4)c3n2)CC1. The van der Waals surface area contributed by atoms with Gasteiger partial charge in [0.25, 0.3) is 0 Å². The van der Waals surface area contributed by atoms with Crippen molar-refractivity contribution >= 4 is 22.7 Å². The summed E-state index contributed by atoms with van der Waals surface area (Å²) in [6, 6.07) is 14.1. The largest absolute Gasteiger partial charge is 0.466 e. The summed E-state index contributed by atoms with van der Waals surface area (Å²) in [7, 11) is 0. The van der Waals surface area contributed by atoms with E-state index in [1.807, 2.05) is 31.2 Å². The molecule has 0 amide bonds. The number of pyridine rings is 1. The molecule has 0 bridgehead atoms. The lowest BCUT2D eigenvalue weighted by Crippen LogP contribution is -2.37. The van der Waals surface area contributed by atoms with Gasteiger partial charge in [0, 0.05) is 24.0 Å². The highest BCUT2D eigenvalue weighted by Gasteiger charge is 2.26. The van der Waals surface area contributed by atoms with Gasteiger partial charge in [0.1, 0.15) is 11.6 Å². The number of benzene rings is 1. The minimum atomic E-state index is -0.0706. The van der Waals surface area contributed by atoms with Crippen LogP contribution in [0.1, 0.15) is 19.8 Å². The lowest BCUT2D eigenvalue weighted by molar-refractivity contribution is -0.148. The van der Waals surface area contributed by atoms with Gasteiger partial charge in [-0.15, -0.1) is 0 Å². The summed E-state index contributed by atoms with van der Waals surface area (Å²) in [5, 5.41) is 1.09. The number of carbonyl (C=O) groups excluding carboxylic acids is 1. The van der Waals surface area contributed by atoms with E-state index in [0.717, 1.165) is 54.0 Å². The Kier molecular flexibility index (Phi) is 4.61. The number of anilines is 1. The second-order valence-electron chi connectivity index (χ2n) is 6.54. The Morgan fingerprint density at radius 2 is 2.04 bits per heavy atom. The van der Waals surface area contributed by atoms with Gasteiger partial charge in [-0.05, 0) is 50.1 Å². The molecule has 1 aliphatic heterocycles. The Bertz CT molecular complexity index is 897. The average molecular weight is 350 g/mol. The fourth-order valence-electron chi connectivity index (χ4n) is 3.55.